The predicted molar refractivity (Wildman–Crippen MR) is 97.4 cm³/mol. The van der Waals surface area contributed by atoms with E-state index in [9.17, 15) is 24.0 Å². The molecule has 148 valence electrons. The molecule has 1 aromatic heterocycles. The number of amides is 2. The van der Waals surface area contributed by atoms with Crippen molar-refractivity contribution < 1.29 is 38.9 Å². The highest BCUT2D eigenvalue weighted by atomic mass is 32.1. The Balaban J connectivity index is 2.33. The molecule has 0 bridgehead atoms. The van der Waals surface area contributed by atoms with Gasteiger partial charge in [-0.3, -0.25) is 14.4 Å². The number of Topliss-reactive ketones (excluding diaryl/α,β-unsaturated/α-hetero) is 1. The number of thiophene rings is 1. The van der Waals surface area contributed by atoms with E-state index in [2.05, 4.69) is 0 Å². The van der Waals surface area contributed by atoms with Gasteiger partial charge >= 0.3 is 11.9 Å². The van der Waals surface area contributed by atoms with Crippen molar-refractivity contribution in [2.75, 3.05) is 6.61 Å². The van der Waals surface area contributed by atoms with Gasteiger partial charge in [-0.2, -0.15) is 0 Å². The number of nitrogens with one attached hydrogen (secondary N) is 1. The van der Waals surface area contributed by atoms with E-state index < -0.39 is 42.2 Å². The fraction of sp³-hybridized carbons (Fsp3) is 0.235. The largest absolute Gasteiger partial charge is 0.483 e. The second-order valence-electron chi connectivity index (χ2n) is 5.54. The summed E-state index contributed by atoms with van der Waals surface area (Å²) in [5.74, 6) is -6.37. The molecule has 0 radical (unpaired) electrons. The summed E-state index contributed by atoms with van der Waals surface area (Å²) < 4.78 is 6.01. The molecular weight excluding hydrogens is 392 g/mol. The zero-order valence-electron chi connectivity index (χ0n) is 14.6. The third kappa shape index (κ3) is 4.26. The molecule has 0 unspecified atom stereocenters. The molecule has 2 aromatic rings. The van der Waals surface area contributed by atoms with Crippen LogP contribution in [0.2, 0.25) is 0 Å². The monoisotopic (exact) mass is 408 g/mol. The zero-order chi connectivity index (χ0) is 21.0. The van der Waals surface area contributed by atoms with Crippen LogP contribution < -0.4 is 15.8 Å². The number of carboxylic acid groups (broad SMARTS) is 2. The number of rotatable bonds is 9. The molecule has 10 nitrogen and oxygen atoms in total. The van der Waals surface area contributed by atoms with Gasteiger partial charge in [0.1, 0.15) is 5.75 Å². The number of ether oxygens (including phenoxy) is 1. The molecule has 28 heavy (non-hydrogen) atoms. The van der Waals surface area contributed by atoms with E-state index in [4.69, 9.17) is 20.7 Å². The van der Waals surface area contributed by atoms with E-state index in [1.165, 1.54) is 17.4 Å². The molecule has 1 aromatic carbocycles. The number of benzene rings is 1. The standard InChI is InChI=1S/C17H16N2O8S/c1-2-8-12(14(21)15(18)22)11-7(4-3-5-9(11)28-8)27-6-10(20)19-13(16(23)24)17(25)26/h3-5,13H,2,6H2,1H3,(H2,18,22)(H,19,20)(H,23,24)(H,25,26). The first-order valence-electron chi connectivity index (χ1n) is 7.93. The Morgan fingerprint density at radius 2 is 1.82 bits per heavy atom. The molecule has 0 saturated carbocycles. The Morgan fingerprint density at radius 3 is 2.36 bits per heavy atom. The van der Waals surface area contributed by atoms with Crippen LogP contribution in [0.1, 0.15) is 22.2 Å². The Labute approximate surface area is 161 Å². The van der Waals surface area contributed by atoms with Crippen molar-refractivity contribution in [1.29, 1.82) is 0 Å². The fourth-order valence-electron chi connectivity index (χ4n) is 2.47. The average Bonchev–Trinajstić information content (AvgIpc) is 3.02. The molecule has 0 spiro atoms. The highest BCUT2D eigenvalue weighted by Gasteiger charge is 2.28. The van der Waals surface area contributed by atoms with E-state index in [0.29, 0.717) is 21.4 Å². The van der Waals surface area contributed by atoms with Crippen molar-refractivity contribution in [3.8, 4) is 5.75 Å². The third-order valence-electron chi connectivity index (χ3n) is 3.68. The molecule has 1 heterocycles. The number of aliphatic carboxylic acids is 2. The first kappa shape index (κ1) is 20.8. The van der Waals surface area contributed by atoms with Gasteiger partial charge in [0.15, 0.2) is 6.61 Å². The van der Waals surface area contributed by atoms with Crippen LogP contribution in [-0.4, -0.2) is 52.4 Å². The number of primary amides is 1. The Kier molecular flexibility index (Phi) is 6.31. The van der Waals surface area contributed by atoms with Gasteiger partial charge in [-0.15, -0.1) is 11.3 Å². The summed E-state index contributed by atoms with van der Waals surface area (Å²) in [7, 11) is 0. The lowest BCUT2D eigenvalue weighted by atomic mass is 10.0. The van der Waals surface area contributed by atoms with Crippen LogP contribution in [0.5, 0.6) is 5.75 Å². The minimum absolute atomic E-state index is 0.0972. The maximum atomic E-state index is 12.3. The number of ketones is 1. The normalized spacial score (nSPS) is 10.6. The molecular formula is C17H16N2O8S. The lowest BCUT2D eigenvalue weighted by molar-refractivity contribution is -0.153. The smallest absolute Gasteiger partial charge is 0.338 e. The number of aryl methyl sites for hydroxylation is 1. The van der Waals surface area contributed by atoms with Crippen molar-refractivity contribution in [2.24, 2.45) is 5.73 Å². The van der Waals surface area contributed by atoms with E-state index in [1.807, 2.05) is 0 Å². The number of carboxylic acids is 2. The third-order valence-corrected chi connectivity index (χ3v) is 4.98. The van der Waals surface area contributed by atoms with Crippen molar-refractivity contribution in [2.45, 2.75) is 19.4 Å². The summed E-state index contributed by atoms with van der Waals surface area (Å²) in [5.41, 5.74) is 5.22. The van der Waals surface area contributed by atoms with Crippen molar-refractivity contribution in [1.82, 2.24) is 5.32 Å². The highest BCUT2D eigenvalue weighted by molar-refractivity contribution is 7.19. The number of carbonyl (C=O) groups excluding carboxylic acids is 3. The molecule has 5 N–H and O–H groups in total. The molecule has 2 rings (SSSR count). The lowest BCUT2D eigenvalue weighted by Crippen LogP contribution is -2.47. The van der Waals surface area contributed by atoms with Crippen LogP contribution in [0.15, 0.2) is 18.2 Å². The quantitative estimate of drug-likeness (QED) is 0.258. The number of carbonyl (C=O) groups is 5. The van der Waals surface area contributed by atoms with E-state index >= 15 is 0 Å². The van der Waals surface area contributed by atoms with Gasteiger partial charge in [0.25, 0.3) is 17.6 Å². The minimum Gasteiger partial charge on any atom is -0.483 e. The van der Waals surface area contributed by atoms with Crippen LogP contribution in [0.4, 0.5) is 0 Å². The van der Waals surface area contributed by atoms with E-state index in [0.717, 1.165) is 0 Å². The summed E-state index contributed by atoms with van der Waals surface area (Å²) in [6, 6.07) is 2.66. The topological polar surface area (TPSA) is 173 Å². The van der Waals surface area contributed by atoms with Gasteiger partial charge in [0.2, 0.25) is 6.04 Å². The number of fused-ring (bicyclic) bond motifs is 1. The van der Waals surface area contributed by atoms with Gasteiger partial charge in [-0.05, 0) is 18.6 Å². The second-order valence-corrected chi connectivity index (χ2v) is 6.68. The summed E-state index contributed by atoms with van der Waals surface area (Å²) >= 11 is 1.27. The molecule has 11 heteroatoms. The Hall–Kier alpha value is -3.47. The number of hydrogen-bond donors (Lipinski definition) is 4. The molecule has 0 atom stereocenters. The number of nitrogens with two attached hydrogens (primary N) is 1. The summed E-state index contributed by atoms with van der Waals surface area (Å²) in [4.78, 5) is 57.8. The fourth-order valence-corrected chi connectivity index (χ4v) is 3.63. The summed E-state index contributed by atoms with van der Waals surface area (Å²) in [6.45, 7) is 1.10. The first-order chi connectivity index (χ1) is 13.2. The van der Waals surface area contributed by atoms with Crippen LogP contribution in [0.25, 0.3) is 10.1 Å². The molecule has 0 saturated heterocycles. The predicted octanol–water partition coefficient (Wildman–Crippen LogP) is 0.164. The van der Waals surface area contributed by atoms with Crippen LogP contribution in [0.3, 0.4) is 0 Å². The average molecular weight is 408 g/mol. The highest BCUT2D eigenvalue weighted by Crippen LogP contribution is 2.38. The molecule has 0 aliphatic rings. The van der Waals surface area contributed by atoms with Crippen LogP contribution >= 0.6 is 11.3 Å². The molecule has 2 amide bonds. The van der Waals surface area contributed by atoms with Gasteiger partial charge in [0, 0.05) is 15.0 Å². The second kappa shape index (κ2) is 8.48. The lowest BCUT2D eigenvalue weighted by Gasteiger charge is -2.12. The Bertz CT molecular complexity index is 967. The molecule has 0 aliphatic heterocycles. The van der Waals surface area contributed by atoms with Gasteiger partial charge in [-0.25, -0.2) is 9.59 Å². The SMILES string of the molecule is CCc1sc2cccc(OCC(=O)NC(C(=O)O)C(=O)O)c2c1C(=O)C(N)=O. The maximum Gasteiger partial charge on any atom is 0.338 e. The first-order valence-corrected chi connectivity index (χ1v) is 8.75. The Morgan fingerprint density at radius 1 is 1.18 bits per heavy atom. The number of hydrogen-bond acceptors (Lipinski definition) is 7. The summed E-state index contributed by atoms with van der Waals surface area (Å²) in [6.07, 6.45) is 0.465. The van der Waals surface area contributed by atoms with Crippen LogP contribution in [-0.2, 0) is 25.6 Å². The molecule has 0 aliphatic carbocycles. The van der Waals surface area contributed by atoms with Gasteiger partial charge < -0.3 is 26.0 Å². The van der Waals surface area contributed by atoms with Gasteiger partial charge in [0.05, 0.1) is 5.56 Å². The van der Waals surface area contributed by atoms with E-state index in [-0.39, 0.29) is 11.3 Å². The summed E-state index contributed by atoms with van der Waals surface area (Å²) in [5, 5.41) is 19.7. The maximum absolute atomic E-state index is 12.3. The zero-order valence-corrected chi connectivity index (χ0v) is 15.4. The van der Waals surface area contributed by atoms with Crippen molar-refractivity contribution in [3.05, 3.63) is 28.6 Å². The van der Waals surface area contributed by atoms with Crippen molar-refractivity contribution in [3.63, 3.8) is 0 Å². The molecule has 0 fully saturated rings. The van der Waals surface area contributed by atoms with Crippen molar-refractivity contribution >= 4 is 51.0 Å². The van der Waals surface area contributed by atoms with E-state index in [1.54, 1.807) is 24.4 Å². The minimum atomic E-state index is -2.12. The van der Waals surface area contributed by atoms with Gasteiger partial charge in [-0.1, -0.05) is 13.0 Å². The van der Waals surface area contributed by atoms with Crippen LogP contribution in [0, 0.1) is 0 Å².